The molecule has 0 saturated carbocycles. The van der Waals surface area contributed by atoms with Gasteiger partial charge in [-0.3, -0.25) is 9.59 Å². The fourth-order valence-corrected chi connectivity index (χ4v) is 3.35. The molecule has 0 fully saturated rings. The molecule has 0 aliphatic rings. The van der Waals surface area contributed by atoms with E-state index in [1.165, 1.54) is 18.4 Å². The van der Waals surface area contributed by atoms with Crippen LogP contribution in [0.1, 0.15) is 23.3 Å². The largest absolute Gasteiger partial charge is 0.469 e. The number of aromatic nitrogens is 1. The zero-order valence-electron chi connectivity index (χ0n) is 11.9. The Labute approximate surface area is 131 Å². The number of carbonyl (C=O) groups is 2. The third-order valence-electron chi connectivity index (χ3n) is 2.90. The lowest BCUT2D eigenvalue weighted by Gasteiger charge is -2.15. The summed E-state index contributed by atoms with van der Waals surface area (Å²) in [5, 5.41) is 4.61. The van der Waals surface area contributed by atoms with Crippen LogP contribution in [0.25, 0.3) is 9.88 Å². The minimum atomic E-state index is -0.260. The first kappa shape index (κ1) is 15.7. The Morgan fingerprint density at radius 3 is 2.86 bits per heavy atom. The number of hydrogen-bond donors (Lipinski definition) is 0. The Bertz CT molecular complexity index is 608. The minimum Gasteiger partial charge on any atom is -0.469 e. The van der Waals surface area contributed by atoms with Crippen molar-refractivity contribution in [1.29, 1.82) is 0 Å². The van der Waals surface area contributed by atoms with Crippen molar-refractivity contribution in [3.8, 4) is 9.88 Å². The van der Waals surface area contributed by atoms with Crippen LogP contribution in [0, 0.1) is 0 Å². The quantitative estimate of drug-likeness (QED) is 0.767. The predicted octanol–water partition coefficient (Wildman–Crippen LogP) is 2.90. The molecule has 0 aliphatic carbocycles. The van der Waals surface area contributed by atoms with E-state index in [0.717, 1.165) is 9.88 Å². The topological polar surface area (TPSA) is 59.5 Å². The van der Waals surface area contributed by atoms with E-state index in [0.29, 0.717) is 25.1 Å². The van der Waals surface area contributed by atoms with Crippen LogP contribution in [-0.2, 0) is 9.53 Å². The molecule has 0 N–H and O–H groups in total. The highest BCUT2D eigenvalue weighted by Crippen LogP contribution is 2.28. The molecule has 2 heterocycles. The molecule has 2 aromatic rings. The number of esters is 1. The molecule has 0 radical (unpaired) electrons. The normalized spacial score (nSPS) is 10.4. The molecule has 0 aromatic carbocycles. The van der Waals surface area contributed by atoms with Gasteiger partial charge in [0.1, 0.15) is 10.7 Å². The first-order valence-corrected chi connectivity index (χ1v) is 8.19. The zero-order chi connectivity index (χ0) is 15.2. The van der Waals surface area contributed by atoms with Crippen molar-refractivity contribution in [2.75, 3.05) is 20.7 Å². The number of thiazole rings is 1. The maximum absolute atomic E-state index is 12.2. The SMILES string of the molecule is COC(=O)CCCN(C)C(=O)c1csc(-c2cccs2)n1. The molecule has 1 amide bonds. The van der Waals surface area contributed by atoms with Crippen LogP contribution < -0.4 is 0 Å². The number of amides is 1. The van der Waals surface area contributed by atoms with Crippen molar-refractivity contribution in [1.82, 2.24) is 9.88 Å². The van der Waals surface area contributed by atoms with Gasteiger partial charge in [-0.15, -0.1) is 22.7 Å². The van der Waals surface area contributed by atoms with Crippen LogP contribution in [0.5, 0.6) is 0 Å². The Kier molecular flexibility index (Phi) is 5.46. The number of nitrogens with zero attached hydrogens (tertiary/aromatic N) is 2. The highest BCUT2D eigenvalue weighted by atomic mass is 32.1. The van der Waals surface area contributed by atoms with Crippen LogP contribution in [0.2, 0.25) is 0 Å². The molecule has 0 bridgehead atoms. The summed E-state index contributed by atoms with van der Waals surface area (Å²) < 4.78 is 4.57. The first-order chi connectivity index (χ1) is 10.1. The Morgan fingerprint density at radius 2 is 2.19 bits per heavy atom. The van der Waals surface area contributed by atoms with E-state index in [1.807, 2.05) is 17.5 Å². The molecular weight excluding hydrogens is 308 g/mol. The average molecular weight is 324 g/mol. The van der Waals surface area contributed by atoms with E-state index in [2.05, 4.69) is 9.72 Å². The summed E-state index contributed by atoms with van der Waals surface area (Å²) in [5.74, 6) is -0.386. The molecule has 0 aliphatic heterocycles. The minimum absolute atomic E-state index is 0.126. The molecule has 112 valence electrons. The molecule has 2 rings (SSSR count). The summed E-state index contributed by atoms with van der Waals surface area (Å²) in [6.07, 6.45) is 0.891. The summed E-state index contributed by atoms with van der Waals surface area (Å²) >= 11 is 3.06. The van der Waals surface area contributed by atoms with Crippen molar-refractivity contribution < 1.29 is 14.3 Å². The van der Waals surface area contributed by atoms with E-state index in [9.17, 15) is 9.59 Å². The van der Waals surface area contributed by atoms with Crippen molar-refractivity contribution in [2.45, 2.75) is 12.8 Å². The van der Waals surface area contributed by atoms with Gasteiger partial charge in [-0.2, -0.15) is 0 Å². The van der Waals surface area contributed by atoms with E-state index in [4.69, 9.17) is 0 Å². The standard InChI is InChI=1S/C14H16N2O3S2/c1-16(7-3-6-12(17)19-2)14(18)10-9-21-13(15-10)11-5-4-8-20-11/h4-5,8-9H,3,6-7H2,1-2H3. The molecule has 0 atom stereocenters. The highest BCUT2D eigenvalue weighted by molar-refractivity contribution is 7.20. The molecule has 21 heavy (non-hydrogen) atoms. The molecule has 0 spiro atoms. The van der Waals surface area contributed by atoms with Gasteiger partial charge in [-0.1, -0.05) is 6.07 Å². The van der Waals surface area contributed by atoms with E-state index in [1.54, 1.807) is 28.7 Å². The molecule has 0 saturated heterocycles. The maximum atomic E-state index is 12.2. The highest BCUT2D eigenvalue weighted by Gasteiger charge is 2.16. The van der Waals surface area contributed by atoms with Crippen molar-refractivity contribution in [3.05, 3.63) is 28.6 Å². The van der Waals surface area contributed by atoms with Gasteiger partial charge in [-0.25, -0.2) is 4.98 Å². The lowest BCUT2D eigenvalue weighted by atomic mass is 10.3. The lowest BCUT2D eigenvalue weighted by Crippen LogP contribution is -2.28. The number of ether oxygens (including phenoxy) is 1. The third kappa shape index (κ3) is 4.12. The molecular formula is C14H16N2O3S2. The van der Waals surface area contributed by atoms with Gasteiger partial charge in [0.25, 0.3) is 5.91 Å². The van der Waals surface area contributed by atoms with Crippen LogP contribution in [0.4, 0.5) is 0 Å². The van der Waals surface area contributed by atoms with E-state index >= 15 is 0 Å². The zero-order valence-corrected chi connectivity index (χ0v) is 13.5. The second kappa shape index (κ2) is 7.33. The second-order valence-electron chi connectivity index (χ2n) is 4.42. The van der Waals surface area contributed by atoms with Gasteiger partial charge in [0.2, 0.25) is 0 Å². The van der Waals surface area contributed by atoms with Gasteiger partial charge >= 0.3 is 5.97 Å². The fraction of sp³-hybridized carbons (Fsp3) is 0.357. The van der Waals surface area contributed by atoms with Crippen LogP contribution >= 0.6 is 22.7 Å². The summed E-state index contributed by atoms with van der Waals surface area (Å²) in [4.78, 5) is 30.3. The van der Waals surface area contributed by atoms with E-state index < -0.39 is 0 Å². The number of thiophene rings is 1. The van der Waals surface area contributed by atoms with Gasteiger partial charge in [-0.05, 0) is 17.9 Å². The number of carbonyl (C=O) groups excluding carboxylic acids is 2. The number of rotatable bonds is 6. The third-order valence-corrected chi connectivity index (χ3v) is 4.79. The van der Waals surface area contributed by atoms with Gasteiger partial charge in [0.05, 0.1) is 12.0 Å². The van der Waals surface area contributed by atoms with Crippen molar-refractivity contribution in [3.63, 3.8) is 0 Å². The van der Waals surface area contributed by atoms with Crippen molar-refractivity contribution in [2.24, 2.45) is 0 Å². The van der Waals surface area contributed by atoms with Gasteiger partial charge < -0.3 is 9.64 Å². The van der Waals surface area contributed by atoms with Gasteiger partial charge in [0, 0.05) is 25.4 Å². The van der Waals surface area contributed by atoms with Gasteiger partial charge in [0.15, 0.2) is 0 Å². The average Bonchev–Trinajstić information content (AvgIpc) is 3.16. The van der Waals surface area contributed by atoms with Crippen molar-refractivity contribution >= 4 is 34.6 Å². The van der Waals surface area contributed by atoms with Crippen LogP contribution in [-0.4, -0.2) is 42.5 Å². The number of methoxy groups -OCH3 is 1. The molecule has 5 nitrogen and oxygen atoms in total. The monoisotopic (exact) mass is 324 g/mol. The summed E-state index contributed by atoms with van der Waals surface area (Å²) in [7, 11) is 3.07. The summed E-state index contributed by atoms with van der Waals surface area (Å²) in [6.45, 7) is 0.500. The maximum Gasteiger partial charge on any atom is 0.305 e. The smallest absolute Gasteiger partial charge is 0.305 e. The Morgan fingerprint density at radius 1 is 1.38 bits per heavy atom. The second-order valence-corrected chi connectivity index (χ2v) is 6.23. The summed E-state index contributed by atoms with van der Waals surface area (Å²) in [5.41, 5.74) is 0.448. The number of hydrogen-bond acceptors (Lipinski definition) is 6. The first-order valence-electron chi connectivity index (χ1n) is 6.43. The predicted molar refractivity (Wildman–Crippen MR) is 83.6 cm³/mol. The fourth-order valence-electron chi connectivity index (χ4n) is 1.75. The molecule has 0 unspecified atom stereocenters. The molecule has 7 heteroatoms. The van der Waals surface area contributed by atoms with Crippen LogP contribution in [0.3, 0.4) is 0 Å². The lowest BCUT2D eigenvalue weighted by molar-refractivity contribution is -0.140. The van der Waals surface area contributed by atoms with E-state index in [-0.39, 0.29) is 11.9 Å². The molecule has 2 aromatic heterocycles. The Hall–Kier alpha value is -1.73. The Balaban J connectivity index is 1.92. The van der Waals surface area contributed by atoms with Crippen LogP contribution in [0.15, 0.2) is 22.9 Å². The summed E-state index contributed by atoms with van der Waals surface area (Å²) in [6, 6.07) is 3.94.